The standard InChI is InChI=1S/C11H21N/c1-11(2,3)10-8-12-6-4-9(10)5-7-12/h9-10H,4-8H2,1-3H3/t10-/m1/s1. The molecule has 1 nitrogen and oxygen atoms in total. The number of hydrogen-bond donors (Lipinski definition) is 0. The number of fused-ring (bicyclic) bond motifs is 3. The molecule has 0 aromatic rings. The van der Waals surface area contributed by atoms with Crippen LogP contribution in [0, 0.1) is 17.3 Å². The maximum Gasteiger partial charge on any atom is 0.00173 e. The molecule has 3 saturated heterocycles. The average Bonchev–Trinajstić information content (AvgIpc) is 2.05. The molecule has 12 heavy (non-hydrogen) atoms. The Bertz CT molecular complexity index is 160. The number of piperidine rings is 3. The molecule has 0 amide bonds. The lowest BCUT2D eigenvalue weighted by atomic mass is 9.67. The lowest BCUT2D eigenvalue weighted by Gasteiger charge is -2.50. The molecule has 0 N–H and O–H groups in total. The van der Waals surface area contributed by atoms with Gasteiger partial charge in [0.05, 0.1) is 0 Å². The molecule has 3 heterocycles. The van der Waals surface area contributed by atoms with Crippen molar-refractivity contribution in [1.82, 2.24) is 4.90 Å². The van der Waals surface area contributed by atoms with E-state index in [0.717, 1.165) is 11.8 Å². The van der Waals surface area contributed by atoms with E-state index < -0.39 is 0 Å². The normalized spacial score (nSPS) is 41.8. The number of rotatable bonds is 0. The highest BCUT2D eigenvalue weighted by atomic mass is 15.1. The van der Waals surface area contributed by atoms with Crippen LogP contribution in [0.2, 0.25) is 0 Å². The monoisotopic (exact) mass is 167 g/mol. The van der Waals surface area contributed by atoms with Gasteiger partial charge in [0.25, 0.3) is 0 Å². The first-order valence-electron chi connectivity index (χ1n) is 5.30. The largest absolute Gasteiger partial charge is 0.303 e. The zero-order chi connectivity index (χ0) is 8.77. The smallest absolute Gasteiger partial charge is 0.00173 e. The molecule has 3 aliphatic rings. The lowest BCUT2D eigenvalue weighted by molar-refractivity contribution is -0.00555. The Hall–Kier alpha value is -0.0400. The first kappa shape index (κ1) is 8.55. The Kier molecular flexibility index (Phi) is 1.95. The molecule has 70 valence electrons. The summed E-state index contributed by atoms with van der Waals surface area (Å²) < 4.78 is 0. The van der Waals surface area contributed by atoms with Gasteiger partial charge in [0, 0.05) is 6.54 Å². The maximum atomic E-state index is 2.65. The molecule has 0 aromatic heterocycles. The Morgan fingerprint density at radius 2 is 1.67 bits per heavy atom. The minimum Gasteiger partial charge on any atom is -0.303 e. The van der Waals surface area contributed by atoms with Crippen molar-refractivity contribution in [2.24, 2.45) is 17.3 Å². The van der Waals surface area contributed by atoms with E-state index in [1.54, 1.807) is 0 Å². The summed E-state index contributed by atoms with van der Waals surface area (Å²) in [6, 6.07) is 0. The summed E-state index contributed by atoms with van der Waals surface area (Å²) >= 11 is 0. The van der Waals surface area contributed by atoms with Crippen LogP contribution in [0.25, 0.3) is 0 Å². The molecular weight excluding hydrogens is 146 g/mol. The van der Waals surface area contributed by atoms with Gasteiger partial charge in [-0.1, -0.05) is 20.8 Å². The molecule has 2 bridgehead atoms. The SMILES string of the molecule is CC(C)(C)[C@@H]1CN2CCC1CC2. The Morgan fingerprint density at radius 1 is 1.08 bits per heavy atom. The molecule has 0 spiro atoms. The average molecular weight is 167 g/mol. The van der Waals surface area contributed by atoms with E-state index in [1.165, 1.54) is 32.5 Å². The van der Waals surface area contributed by atoms with E-state index in [-0.39, 0.29) is 0 Å². The quantitative estimate of drug-likeness (QED) is 0.535. The van der Waals surface area contributed by atoms with Crippen molar-refractivity contribution in [2.45, 2.75) is 33.6 Å². The fourth-order valence-electron chi connectivity index (χ4n) is 2.95. The number of hydrogen-bond acceptors (Lipinski definition) is 1. The summed E-state index contributed by atoms with van der Waals surface area (Å²) in [6.07, 6.45) is 2.92. The molecule has 3 aliphatic heterocycles. The van der Waals surface area contributed by atoms with Crippen molar-refractivity contribution in [3.8, 4) is 0 Å². The zero-order valence-electron chi connectivity index (χ0n) is 8.64. The van der Waals surface area contributed by atoms with E-state index in [4.69, 9.17) is 0 Å². The molecule has 0 radical (unpaired) electrons. The van der Waals surface area contributed by atoms with Crippen molar-refractivity contribution < 1.29 is 0 Å². The van der Waals surface area contributed by atoms with Crippen LogP contribution >= 0.6 is 0 Å². The molecule has 3 fully saturated rings. The molecule has 0 aromatic carbocycles. The van der Waals surface area contributed by atoms with Crippen molar-refractivity contribution >= 4 is 0 Å². The van der Waals surface area contributed by atoms with Gasteiger partial charge in [-0.05, 0) is 43.2 Å². The Balaban J connectivity index is 2.09. The van der Waals surface area contributed by atoms with Gasteiger partial charge in [0.1, 0.15) is 0 Å². The maximum absolute atomic E-state index is 2.65. The van der Waals surface area contributed by atoms with Crippen molar-refractivity contribution in [3.05, 3.63) is 0 Å². The second kappa shape index (κ2) is 2.73. The van der Waals surface area contributed by atoms with E-state index in [9.17, 15) is 0 Å². The zero-order valence-corrected chi connectivity index (χ0v) is 8.64. The van der Waals surface area contributed by atoms with E-state index in [2.05, 4.69) is 25.7 Å². The molecular formula is C11H21N. The van der Waals surface area contributed by atoms with Crippen molar-refractivity contribution in [1.29, 1.82) is 0 Å². The van der Waals surface area contributed by atoms with E-state index in [0.29, 0.717) is 5.41 Å². The van der Waals surface area contributed by atoms with Crippen LogP contribution in [0.15, 0.2) is 0 Å². The minimum absolute atomic E-state index is 0.532. The molecule has 1 heteroatoms. The highest BCUT2D eigenvalue weighted by Crippen LogP contribution is 2.42. The van der Waals surface area contributed by atoms with Crippen LogP contribution in [-0.4, -0.2) is 24.5 Å². The van der Waals surface area contributed by atoms with Gasteiger partial charge in [-0.2, -0.15) is 0 Å². The van der Waals surface area contributed by atoms with Gasteiger partial charge < -0.3 is 4.90 Å². The summed E-state index contributed by atoms with van der Waals surface area (Å²) in [4.78, 5) is 2.65. The highest BCUT2D eigenvalue weighted by molar-refractivity contribution is 4.91. The fraction of sp³-hybridized carbons (Fsp3) is 1.00. The predicted molar refractivity (Wildman–Crippen MR) is 52.1 cm³/mol. The van der Waals surface area contributed by atoms with Crippen molar-refractivity contribution in [3.63, 3.8) is 0 Å². The molecule has 0 aliphatic carbocycles. The highest BCUT2D eigenvalue weighted by Gasteiger charge is 2.39. The Labute approximate surface area is 76.1 Å². The molecule has 0 saturated carbocycles. The number of nitrogens with zero attached hydrogens (tertiary/aromatic N) is 1. The summed E-state index contributed by atoms with van der Waals surface area (Å²) in [5, 5.41) is 0. The van der Waals surface area contributed by atoms with Crippen LogP contribution in [0.5, 0.6) is 0 Å². The van der Waals surface area contributed by atoms with Crippen LogP contribution in [0.1, 0.15) is 33.6 Å². The molecule has 1 atom stereocenters. The molecule has 3 rings (SSSR count). The van der Waals surface area contributed by atoms with Crippen LogP contribution in [0.3, 0.4) is 0 Å². The lowest BCUT2D eigenvalue weighted by Crippen LogP contribution is -2.51. The second-order valence-electron chi connectivity index (χ2n) is 5.61. The van der Waals surface area contributed by atoms with Crippen LogP contribution < -0.4 is 0 Å². The summed E-state index contributed by atoms with van der Waals surface area (Å²) in [6.45, 7) is 11.3. The van der Waals surface area contributed by atoms with E-state index in [1.807, 2.05) is 0 Å². The minimum atomic E-state index is 0.532. The molecule has 0 unspecified atom stereocenters. The topological polar surface area (TPSA) is 3.24 Å². The van der Waals surface area contributed by atoms with Crippen molar-refractivity contribution in [2.75, 3.05) is 19.6 Å². The Morgan fingerprint density at radius 3 is 1.92 bits per heavy atom. The first-order chi connectivity index (χ1) is 5.57. The fourth-order valence-corrected chi connectivity index (χ4v) is 2.95. The summed E-state index contributed by atoms with van der Waals surface area (Å²) in [5.74, 6) is 2.00. The summed E-state index contributed by atoms with van der Waals surface area (Å²) in [7, 11) is 0. The first-order valence-corrected chi connectivity index (χ1v) is 5.30. The third-order valence-corrected chi connectivity index (χ3v) is 3.77. The third kappa shape index (κ3) is 1.39. The third-order valence-electron chi connectivity index (χ3n) is 3.77. The second-order valence-corrected chi connectivity index (χ2v) is 5.61. The van der Waals surface area contributed by atoms with Gasteiger partial charge in [0.15, 0.2) is 0 Å². The van der Waals surface area contributed by atoms with Gasteiger partial charge in [-0.3, -0.25) is 0 Å². The van der Waals surface area contributed by atoms with Crippen LogP contribution in [0.4, 0.5) is 0 Å². The van der Waals surface area contributed by atoms with Gasteiger partial charge >= 0.3 is 0 Å². The van der Waals surface area contributed by atoms with Gasteiger partial charge in [-0.15, -0.1) is 0 Å². The van der Waals surface area contributed by atoms with Crippen LogP contribution in [-0.2, 0) is 0 Å². The predicted octanol–water partition coefficient (Wildman–Crippen LogP) is 2.37. The summed E-state index contributed by atoms with van der Waals surface area (Å²) in [5.41, 5.74) is 0.532. The van der Waals surface area contributed by atoms with E-state index >= 15 is 0 Å². The van der Waals surface area contributed by atoms with Gasteiger partial charge in [-0.25, -0.2) is 0 Å². The van der Waals surface area contributed by atoms with Gasteiger partial charge in [0.2, 0.25) is 0 Å².